The Hall–Kier alpha value is 0.250. The quantitative estimate of drug-likeness (QED) is 0.641. The maximum atomic E-state index is 6.38. The van der Waals surface area contributed by atoms with E-state index < -0.39 is 0 Å². The molecule has 0 aromatic heterocycles. The van der Waals surface area contributed by atoms with Gasteiger partial charge in [-0.15, -0.1) is 12.4 Å². The zero-order valence-corrected chi connectivity index (χ0v) is 9.15. The van der Waals surface area contributed by atoms with Gasteiger partial charge in [-0.25, -0.2) is 0 Å². The summed E-state index contributed by atoms with van der Waals surface area (Å²) in [5.41, 5.74) is 6.66. The molecule has 2 atom stereocenters. The van der Waals surface area contributed by atoms with Gasteiger partial charge in [-0.3, -0.25) is 0 Å². The van der Waals surface area contributed by atoms with Crippen molar-refractivity contribution in [3.8, 4) is 0 Å². The molecular formula is C11H20ClN. The number of rotatable bonds is 0. The van der Waals surface area contributed by atoms with Gasteiger partial charge in [0.25, 0.3) is 0 Å². The maximum Gasteiger partial charge on any atom is 0.0162 e. The van der Waals surface area contributed by atoms with Crippen LogP contribution in [-0.4, -0.2) is 5.54 Å². The molecule has 0 saturated heterocycles. The van der Waals surface area contributed by atoms with Crippen molar-refractivity contribution in [2.45, 2.75) is 44.6 Å². The minimum absolute atomic E-state index is 0. The van der Waals surface area contributed by atoms with Gasteiger partial charge >= 0.3 is 0 Å². The molecule has 2 unspecified atom stereocenters. The molecule has 4 aliphatic carbocycles. The average Bonchev–Trinajstić information content (AvgIpc) is 1.96. The first-order chi connectivity index (χ1) is 5.66. The van der Waals surface area contributed by atoms with Gasteiger partial charge in [0.2, 0.25) is 0 Å². The first-order valence-electron chi connectivity index (χ1n) is 5.45. The second-order valence-electron chi connectivity index (χ2n) is 5.69. The van der Waals surface area contributed by atoms with Crippen molar-refractivity contribution < 1.29 is 0 Å². The van der Waals surface area contributed by atoms with E-state index in [0.29, 0.717) is 0 Å². The molecule has 0 aliphatic heterocycles. The third-order valence-corrected chi connectivity index (χ3v) is 4.79. The van der Waals surface area contributed by atoms with E-state index in [2.05, 4.69) is 6.92 Å². The Morgan fingerprint density at radius 3 is 2.08 bits per heavy atom. The summed E-state index contributed by atoms with van der Waals surface area (Å²) in [6.07, 6.45) is 7.00. The van der Waals surface area contributed by atoms with E-state index in [9.17, 15) is 0 Å². The topological polar surface area (TPSA) is 26.0 Å². The summed E-state index contributed by atoms with van der Waals surface area (Å²) in [6, 6.07) is 0. The molecular weight excluding hydrogens is 182 g/mol. The van der Waals surface area contributed by atoms with Gasteiger partial charge in [0.15, 0.2) is 0 Å². The van der Waals surface area contributed by atoms with Gasteiger partial charge < -0.3 is 5.73 Å². The van der Waals surface area contributed by atoms with Gasteiger partial charge in [-0.2, -0.15) is 0 Å². The van der Waals surface area contributed by atoms with Crippen LogP contribution in [0.3, 0.4) is 0 Å². The third-order valence-electron chi connectivity index (χ3n) is 4.79. The Morgan fingerprint density at radius 1 is 1.08 bits per heavy atom. The molecule has 4 rings (SSSR count). The standard InChI is InChI=1S/C11H19N.ClH/c1-7-9-2-8-3-10(7)6-11(12,4-8)5-9;/h7-10H,2-6,12H2,1H3;1H. The van der Waals surface area contributed by atoms with Gasteiger partial charge in [-0.1, -0.05) is 6.92 Å². The summed E-state index contributed by atoms with van der Waals surface area (Å²) in [5.74, 6) is 3.96. The molecule has 2 heteroatoms. The smallest absolute Gasteiger partial charge is 0.0162 e. The first kappa shape index (κ1) is 9.79. The molecule has 0 spiro atoms. The Kier molecular flexibility index (Phi) is 2.16. The first-order valence-corrected chi connectivity index (χ1v) is 5.45. The SMILES string of the molecule is CC1C2CC3CC1CC(N)(C3)C2.Cl. The van der Waals surface area contributed by atoms with Gasteiger partial charge in [0.1, 0.15) is 0 Å². The fourth-order valence-electron chi connectivity index (χ4n) is 4.34. The Bertz CT molecular complexity index is 200. The highest BCUT2D eigenvalue weighted by atomic mass is 35.5. The highest BCUT2D eigenvalue weighted by molar-refractivity contribution is 5.85. The van der Waals surface area contributed by atoms with Crippen LogP contribution in [0.5, 0.6) is 0 Å². The Labute approximate surface area is 86.9 Å². The lowest BCUT2D eigenvalue weighted by Crippen LogP contribution is -2.58. The lowest BCUT2D eigenvalue weighted by atomic mass is 9.50. The van der Waals surface area contributed by atoms with E-state index in [1.807, 2.05) is 0 Å². The van der Waals surface area contributed by atoms with Crippen molar-refractivity contribution in [3.63, 3.8) is 0 Å². The van der Waals surface area contributed by atoms with E-state index in [1.54, 1.807) is 0 Å². The normalized spacial score (nSPS) is 57.7. The average molecular weight is 202 g/mol. The van der Waals surface area contributed by atoms with Crippen molar-refractivity contribution in [1.29, 1.82) is 0 Å². The van der Waals surface area contributed by atoms with Crippen LogP contribution in [0, 0.1) is 23.7 Å². The van der Waals surface area contributed by atoms with Crippen molar-refractivity contribution in [2.75, 3.05) is 0 Å². The van der Waals surface area contributed by atoms with Crippen LogP contribution in [0.25, 0.3) is 0 Å². The minimum Gasteiger partial charge on any atom is -0.325 e. The molecule has 76 valence electrons. The lowest BCUT2D eigenvalue weighted by molar-refractivity contribution is -0.0437. The van der Waals surface area contributed by atoms with Crippen molar-refractivity contribution in [3.05, 3.63) is 0 Å². The van der Waals surface area contributed by atoms with Gasteiger partial charge in [0.05, 0.1) is 0 Å². The molecule has 13 heavy (non-hydrogen) atoms. The van der Waals surface area contributed by atoms with Crippen LogP contribution in [0.1, 0.15) is 39.0 Å². The van der Waals surface area contributed by atoms with Crippen molar-refractivity contribution in [2.24, 2.45) is 29.4 Å². The summed E-state index contributed by atoms with van der Waals surface area (Å²) in [6.45, 7) is 2.45. The minimum atomic E-state index is 0. The highest BCUT2D eigenvalue weighted by Crippen LogP contribution is 2.57. The predicted molar refractivity (Wildman–Crippen MR) is 56.9 cm³/mol. The maximum absolute atomic E-state index is 6.38. The lowest BCUT2D eigenvalue weighted by Gasteiger charge is -2.58. The zero-order valence-electron chi connectivity index (χ0n) is 8.33. The predicted octanol–water partition coefficient (Wildman–Crippen LogP) is 2.58. The second kappa shape index (κ2) is 2.87. The largest absolute Gasteiger partial charge is 0.325 e. The van der Waals surface area contributed by atoms with E-state index in [4.69, 9.17) is 5.73 Å². The third kappa shape index (κ3) is 1.32. The number of halogens is 1. The van der Waals surface area contributed by atoms with Gasteiger partial charge in [-0.05, 0) is 55.8 Å². The molecule has 4 saturated carbocycles. The fraction of sp³-hybridized carbons (Fsp3) is 1.00. The van der Waals surface area contributed by atoms with E-state index in [-0.39, 0.29) is 17.9 Å². The molecule has 4 aliphatic rings. The van der Waals surface area contributed by atoms with E-state index in [0.717, 1.165) is 23.7 Å². The summed E-state index contributed by atoms with van der Waals surface area (Å²) in [7, 11) is 0. The Balaban J connectivity index is 0.000000653. The zero-order chi connectivity index (χ0) is 8.34. The van der Waals surface area contributed by atoms with Crippen LogP contribution < -0.4 is 5.73 Å². The molecule has 0 amide bonds. The number of hydrogen-bond donors (Lipinski definition) is 1. The summed E-state index contributed by atoms with van der Waals surface area (Å²) in [5, 5.41) is 0. The summed E-state index contributed by atoms with van der Waals surface area (Å²) >= 11 is 0. The van der Waals surface area contributed by atoms with Gasteiger partial charge in [0, 0.05) is 5.54 Å². The van der Waals surface area contributed by atoms with Crippen LogP contribution in [0.2, 0.25) is 0 Å². The highest BCUT2D eigenvalue weighted by Gasteiger charge is 2.52. The molecule has 0 heterocycles. The molecule has 4 bridgehead atoms. The molecule has 0 aromatic rings. The summed E-state index contributed by atoms with van der Waals surface area (Å²) < 4.78 is 0. The van der Waals surface area contributed by atoms with Crippen LogP contribution in [0.4, 0.5) is 0 Å². The molecule has 0 radical (unpaired) electrons. The summed E-state index contributed by atoms with van der Waals surface area (Å²) in [4.78, 5) is 0. The van der Waals surface area contributed by atoms with Crippen molar-refractivity contribution in [1.82, 2.24) is 0 Å². The van der Waals surface area contributed by atoms with Crippen molar-refractivity contribution >= 4 is 12.4 Å². The number of hydrogen-bond acceptors (Lipinski definition) is 1. The second-order valence-corrected chi connectivity index (χ2v) is 5.69. The monoisotopic (exact) mass is 201 g/mol. The fourth-order valence-corrected chi connectivity index (χ4v) is 4.34. The van der Waals surface area contributed by atoms with E-state index in [1.165, 1.54) is 32.1 Å². The molecule has 2 N–H and O–H groups in total. The van der Waals surface area contributed by atoms with E-state index >= 15 is 0 Å². The molecule has 4 fully saturated rings. The molecule has 0 aromatic carbocycles. The van der Waals surface area contributed by atoms with Crippen LogP contribution in [0.15, 0.2) is 0 Å². The number of nitrogens with two attached hydrogens (primary N) is 1. The molecule has 1 nitrogen and oxygen atoms in total. The van der Waals surface area contributed by atoms with Crippen LogP contribution in [-0.2, 0) is 0 Å². The van der Waals surface area contributed by atoms with Crippen LogP contribution >= 0.6 is 12.4 Å². The Morgan fingerprint density at radius 2 is 1.62 bits per heavy atom.